The minimum Gasteiger partial charge on any atom is -0.474 e. The van der Waals surface area contributed by atoms with Crippen molar-refractivity contribution in [2.24, 2.45) is 0 Å². The van der Waals surface area contributed by atoms with Crippen LogP contribution in [0, 0.1) is 6.92 Å². The summed E-state index contributed by atoms with van der Waals surface area (Å²) in [5.74, 6) is 0.0952. The summed E-state index contributed by atoms with van der Waals surface area (Å²) in [6.45, 7) is 2.59. The van der Waals surface area contributed by atoms with Crippen molar-refractivity contribution in [2.75, 3.05) is 25.6 Å². The molecule has 3 aromatic rings. The lowest BCUT2D eigenvalue weighted by Crippen LogP contribution is -2.14. The normalized spacial score (nSPS) is 10.6. The second kappa shape index (κ2) is 8.94. The number of hydrogen-bond acceptors (Lipinski definition) is 6. The van der Waals surface area contributed by atoms with Crippen LogP contribution < -0.4 is 10.1 Å². The number of anilines is 1. The summed E-state index contributed by atoms with van der Waals surface area (Å²) >= 11 is 7.26. The van der Waals surface area contributed by atoms with Crippen LogP contribution in [0.3, 0.4) is 0 Å². The molecule has 2 heterocycles. The van der Waals surface area contributed by atoms with Gasteiger partial charge in [0.15, 0.2) is 0 Å². The van der Waals surface area contributed by atoms with Gasteiger partial charge in [-0.15, -0.1) is 11.3 Å². The van der Waals surface area contributed by atoms with E-state index in [-0.39, 0.29) is 5.91 Å². The molecule has 140 valence electrons. The van der Waals surface area contributed by atoms with Gasteiger partial charge in [-0.25, -0.2) is 9.97 Å². The van der Waals surface area contributed by atoms with E-state index in [1.165, 1.54) is 11.3 Å². The number of aromatic nitrogens is 2. The molecule has 2 aromatic heterocycles. The number of hydrogen-bond donors (Lipinski definition) is 1. The largest absolute Gasteiger partial charge is 0.474 e. The first-order valence-corrected chi connectivity index (χ1v) is 9.39. The van der Waals surface area contributed by atoms with Crippen molar-refractivity contribution in [1.29, 1.82) is 0 Å². The average Bonchev–Trinajstić information content (AvgIpc) is 3.06. The van der Waals surface area contributed by atoms with Crippen LogP contribution in [0.15, 0.2) is 42.6 Å². The minimum absolute atomic E-state index is 0.255. The van der Waals surface area contributed by atoms with Crippen molar-refractivity contribution in [3.8, 4) is 16.5 Å². The Morgan fingerprint density at radius 1 is 1.22 bits per heavy atom. The summed E-state index contributed by atoms with van der Waals surface area (Å²) in [5, 5.41) is 4.27. The van der Waals surface area contributed by atoms with Gasteiger partial charge in [-0.2, -0.15) is 0 Å². The molecule has 0 saturated heterocycles. The van der Waals surface area contributed by atoms with E-state index in [0.717, 1.165) is 10.6 Å². The van der Waals surface area contributed by atoms with E-state index < -0.39 is 0 Å². The molecule has 0 bridgehead atoms. The Labute approximate surface area is 166 Å². The highest BCUT2D eigenvalue weighted by molar-refractivity contribution is 7.17. The van der Waals surface area contributed by atoms with Gasteiger partial charge >= 0.3 is 0 Å². The highest BCUT2D eigenvalue weighted by atomic mass is 35.5. The number of carbonyl (C=O) groups is 1. The molecule has 27 heavy (non-hydrogen) atoms. The molecule has 1 aromatic carbocycles. The molecule has 0 unspecified atom stereocenters. The number of halogens is 1. The maximum absolute atomic E-state index is 12.7. The van der Waals surface area contributed by atoms with Crippen molar-refractivity contribution in [2.45, 2.75) is 6.92 Å². The Hall–Kier alpha value is -2.48. The predicted octanol–water partition coefficient (Wildman–Crippen LogP) is 4.44. The lowest BCUT2D eigenvalue weighted by molar-refractivity contribution is 0.102. The highest BCUT2D eigenvalue weighted by Gasteiger charge is 2.18. The molecular formula is C19H18ClN3O3S. The number of benzene rings is 1. The second-order valence-electron chi connectivity index (χ2n) is 5.59. The molecule has 1 N–H and O–H groups in total. The van der Waals surface area contributed by atoms with Crippen LogP contribution in [0.4, 0.5) is 5.69 Å². The van der Waals surface area contributed by atoms with Gasteiger partial charge < -0.3 is 14.8 Å². The summed E-state index contributed by atoms with van der Waals surface area (Å²) in [6.07, 6.45) is 1.61. The first-order chi connectivity index (χ1) is 13.1. The molecule has 1 amide bonds. The Balaban J connectivity index is 1.78. The number of amides is 1. The third-order valence-electron chi connectivity index (χ3n) is 3.64. The Morgan fingerprint density at radius 2 is 2.00 bits per heavy atom. The summed E-state index contributed by atoms with van der Waals surface area (Å²) < 4.78 is 10.5. The van der Waals surface area contributed by atoms with Gasteiger partial charge in [0, 0.05) is 23.9 Å². The lowest BCUT2D eigenvalue weighted by atomic mass is 10.2. The first kappa shape index (κ1) is 19.3. The predicted molar refractivity (Wildman–Crippen MR) is 107 cm³/mol. The van der Waals surface area contributed by atoms with Gasteiger partial charge in [-0.1, -0.05) is 23.7 Å². The summed E-state index contributed by atoms with van der Waals surface area (Å²) in [7, 11) is 1.59. The van der Waals surface area contributed by atoms with Gasteiger partial charge in [-0.05, 0) is 31.2 Å². The number of nitrogens with one attached hydrogen (secondary N) is 1. The highest BCUT2D eigenvalue weighted by Crippen LogP contribution is 2.30. The fourth-order valence-electron chi connectivity index (χ4n) is 2.32. The number of aryl methyl sites for hydroxylation is 1. The SMILES string of the molecule is COCCOc1ncccc1NC(=O)c1sc(-c2ccc(Cl)cc2)nc1C. The van der Waals surface area contributed by atoms with E-state index in [9.17, 15) is 4.79 Å². The van der Waals surface area contributed by atoms with E-state index in [0.29, 0.717) is 40.4 Å². The summed E-state index contributed by atoms with van der Waals surface area (Å²) in [5.41, 5.74) is 2.07. The molecule has 0 radical (unpaired) electrons. The topological polar surface area (TPSA) is 73.3 Å². The Morgan fingerprint density at radius 3 is 2.74 bits per heavy atom. The first-order valence-electron chi connectivity index (χ1n) is 8.20. The number of thiazole rings is 1. The molecule has 0 aliphatic heterocycles. The van der Waals surface area contributed by atoms with Crippen molar-refractivity contribution in [3.05, 3.63) is 58.2 Å². The Bertz CT molecular complexity index is 928. The smallest absolute Gasteiger partial charge is 0.267 e. The van der Waals surface area contributed by atoms with Crippen LogP contribution in [0.1, 0.15) is 15.4 Å². The molecule has 0 atom stereocenters. The van der Waals surface area contributed by atoms with Crippen molar-refractivity contribution >= 4 is 34.5 Å². The van der Waals surface area contributed by atoms with Gasteiger partial charge in [-0.3, -0.25) is 4.79 Å². The maximum Gasteiger partial charge on any atom is 0.267 e. The van der Waals surface area contributed by atoms with Gasteiger partial charge in [0.2, 0.25) is 5.88 Å². The van der Waals surface area contributed by atoms with E-state index in [2.05, 4.69) is 15.3 Å². The van der Waals surface area contributed by atoms with Crippen LogP contribution >= 0.6 is 22.9 Å². The molecular weight excluding hydrogens is 386 g/mol. The summed E-state index contributed by atoms with van der Waals surface area (Å²) in [4.78, 5) is 22.0. The zero-order valence-corrected chi connectivity index (χ0v) is 16.4. The molecule has 6 nitrogen and oxygen atoms in total. The van der Waals surface area contributed by atoms with Crippen LogP contribution in [0.5, 0.6) is 5.88 Å². The van der Waals surface area contributed by atoms with E-state index >= 15 is 0 Å². The number of nitrogens with zero attached hydrogens (tertiary/aromatic N) is 2. The molecule has 0 fully saturated rings. The number of ether oxygens (including phenoxy) is 2. The van der Waals surface area contributed by atoms with Gasteiger partial charge in [0.1, 0.15) is 22.2 Å². The van der Waals surface area contributed by atoms with Crippen molar-refractivity contribution in [3.63, 3.8) is 0 Å². The molecule has 8 heteroatoms. The van der Waals surface area contributed by atoms with Crippen LogP contribution in [-0.2, 0) is 4.74 Å². The molecule has 0 aliphatic carbocycles. The number of carbonyl (C=O) groups excluding carboxylic acids is 1. The van der Waals surface area contributed by atoms with E-state index in [1.807, 2.05) is 19.1 Å². The average molecular weight is 404 g/mol. The van der Waals surface area contributed by atoms with Crippen LogP contribution in [-0.4, -0.2) is 36.2 Å². The molecule has 0 aliphatic rings. The van der Waals surface area contributed by atoms with Crippen molar-refractivity contribution < 1.29 is 14.3 Å². The molecule has 0 spiro atoms. The fourth-order valence-corrected chi connectivity index (χ4v) is 3.42. The third-order valence-corrected chi connectivity index (χ3v) is 5.10. The zero-order valence-electron chi connectivity index (χ0n) is 14.9. The van der Waals surface area contributed by atoms with Gasteiger partial charge in [0.05, 0.1) is 12.3 Å². The number of methoxy groups -OCH3 is 1. The molecule has 0 saturated carbocycles. The lowest BCUT2D eigenvalue weighted by Gasteiger charge is -2.10. The molecule has 3 rings (SSSR count). The van der Waals surface area contributed by atoms with Gasteiger partial charge in [0.25, 0.3) is 5.91 Å². The number of rotatable bonds is 7. The zero-order chi connectivity index (χ0) is 19.2. The van der Waals surface area contributed by atoms with E-state index in [4.69, 9.17) is 21.1 Å². The van der Waals surface area contributed by atoms with Crippen molar-refractivity contribution in [1.82, 2.24) is 9.97 Å². The van der Waals surface area contributed by atoms with Crippen LogP contribution in [0.2, 0.25) is 5.02 Å². The minimum atomic E-state index is -0.255. The third kappa shape index (κ3) is 4.82. The van der Waals surface area contributed by atoms with E-state index in [1.54, 1.807) is 37.6 Å². The Kier molecular flexibility index (Phi) is 6.39. The second-order valence-corrected chi connectivity index (χ2v) is 7.03. The monoisotopic (exact) mass is 403 g/mol. The fraction of sp³-hybridized carbons (Fsp3) is 0.211. The maximum atomic E-state index is 12.7. The van der Waals surface area contributed by atoms with Crippen LogP contribution in [0.25, 0.3) is 10.6 Å². The number of pyridine rings is 1. The quantitative estimate of drug-likeness (QED) is 0.590. The standard InChI is InChI=1S/C19H18ClN3O3S/c1-12-16(27-19(22-12)13-5-7-14(20)8-6-13)17(24)23-15-4-3-9-21-18(15)26-11-10-25-2/h3-9H,10-11H2,1-2H3,(H,23,24). The summed E-state index contributed by atoms with van der Waals surface area (Å²) in [6, 6.07) is 10.8.